The Bertz CT molecular complexity index is 1230. The number of fused-ring (bicyclic) bond motifs is 1. The molecular formula is C25H24ClN3O2S. The van der Waals surface area contributed by atoms with Crippen LogP contribution < -0.4 is 9.64 Å². The number of hydrogen-bond donors (Lipinski definition) is 0. The maximum Gasteiger partial charge on any atom is 0.260 e. The number of rotatable bonds is 8. The van der Waals surface area contributed by atoms with E-state index in [1.54, 1.807) is 23.4 Å². The molecule has 0 unspecified atom stereocenters. The number of aromatic nitrogens is 2. The molecule has 7 heteroatoms. The van der Waals surface area contributed by atoms with Gasteiger partial charge in [-0.25, -0.2) is 4.98 Å². The number of pyridine rings is 1. The minimum atomic E-state index is -0.134. The number of anilines is 1. The minimum absolute atomic E-state index is 0.134. The van der Waals surface area contributed by atoms with Gasteiger partial charge in [0.25, 0.3) is 5.91 Å². The third kappa shape index (κ3) is 5.09. The lowest BCUT2D eigenvalue weighted by Gasteiger charge is -2.20. The van der Waals surface area contributed by atoms with E-state index in [1.807, 2.05) is 49.4 Å². The SMILES string of the molecule is CCCCOc1cccc(C(=O)N(Cc2ccncc2)c2nc3c(C)cc(Cl)cc3s2)c1. The van der Waals surface area contributed by atoms with Gasteiger partial charge < -0.3 is 4.74 Å². The molecule has 1 amide bonds. The zero-order valence-electron chi connectivity index (χ0n) is 18.0. The van der Waals surface area contributed by atoms with Gasteiger partial charge in [-0.15, -0.1) is 0 Å². The maximum absolute atomic E-state index is 13.7. The zero-order valence-corrected chi connectivity index (χ0v) is 19.6. The highest BCUT2D eigenvalue weighted by atomic mass is 35.5. The highest BCUT2D eigenvalue weighted by molar-refractivity contribution is 7.22. The Morgan fingerprint density at radius 1 is 1.16 bits per heavy atom. The van der Waals surface area contributed by atoms with Crippen molar-refractivity contribution in [1.29, 1.82) is 0 Å². The predicted molar refractivity (Wildman–Crippen MR) is 131 cm³/mol. The van der Waals surface area contributed by atoms with Gasteiger partial charge in [-0.1, -0.05) is 42.3 Å². The van der Waals surface area contributed by atoms with Crippen molar-refractivity contribution in [3.63, 3.8) is 0 Å². The molecule has 32 heavy (non-hydrogen) atoms. The fraction of sp³-hybridized carbons (Fsp3) is 0.240. The lowest BCUT2D eigenvalue weighted by Crippen LogP contribution is -2.30. The van der Waals surface area contributed by atoms with E-state index in [4.69, 9.17) is 21.3 Å². The summed E-state index contributed by atoms with van der Waals surface area (Å²) in [4.78, 5) is 24.2. The number of nitrogens with zero attached hydrogens (tertiary/aromatic N) is 3. The average molecular weight is 466 g/mol. The number of aryl methyl sites for hydroxylation is 1. The van der Waals surface area contributed by atoms with Crippen LogP contribution in [-0.4, -0.2) is 22.5 Å². The van der Waals surface area contributed by atoms with Crippen molar-refractivity contribution in [2.24, 2.45) is 0 Å². The number of thiazole rings is 1. The Hall–Kier alpha value is -2.96. The summed E-state index contributed by atoms with van der Waals surface area (Å²) in [5, 5.41) is 1.29. The van der Waals surface area contributed by atoms with Crippen molar-refractivity contribution in [3.05, 3.63) is 82.6 Å². The second-order valence-corrected chi connectivity index (χ2v) is 8.99. The summed E-state index contributed by atoms with van der Waals surface area (Å²) in [7, 11) is 0. The van der Waals surface area contributed by atoms with E-state index in [0.717, 1.165) is 34.2 Å². The smallest absolute Gasteiger partial charge is 0.260 e. The molecular weight excluding hydrogens is 442 g/mol. The standard InChI is InChI=1S/C25H24ClN3O2S/c1-3-4-12-31-21-7-5-6-19(14-21)24(30)29(16-18-8-10-27-11-9-18)25-28-23-17(2)13-20(26)15-22(23)32-25/h5-11,13-15H,3-4,12,16H2,1-2H3. The second-order valence-electron chi connectivity index (χ2n) is 7.54. The molecule has 2 aromatic carbocycles. The van der Waals surface area contributed by atoms with Crippen molar-refractivity contribution in [2.75, 3.05) is 11.5 Å². The van der Waals surface area contributed by atoms with Crippen LogP contribution in [-0.2, 0) is 6.54 Å². The number of ether oxygens (including phenoxy) is 1. The van der Waals surface area contributed by atoms with Crippen LogP contribution >= 0.6 is 22.9 Å². The molecule has 0 bridgehead atoms. The van der Waals surface area contributed by atoms with Gasteiger partial charge in [-0.2, -0.15) is 0 Å². The van der Waals surface area contributed by atoms with Crippen LogP contribution in [0.1, 0.15) is 41.3 Å². The summed E-state index contributed by atoms with van der Waals surface area (Å²) in [5.74, 6) is 0.561. The summed E-state index contributed by atoms with van der Waals surface area (Å²) in [6.45, 7) is 5.11. The number of carbonyl (C=O) groups is 1. The molecule has 0 aliphatic heterocycles. The van der Waals surface area contributed by atoms with Gasteiger partial charge in [0.1, 0.15) is 5.75 Å². The number of amides is 1. The molecule has 0 atom stereocenters. The van der Waals surface area contributed by atoms with Crippen molar-refractivity contribution in [2.45, 2.75) is 33.2 Å². The summed E-state index contributed by atoms with van der Waals surface area (Å²) in [5.41, 5.74) is 3.37. The van der Waals surface area contributed by atoms with Gasteiger partial charge in [-0.05, 0) is 66.9 Å². The van der Waals surface area contributed by atoms with Crippen LogP contribution in [0.3, 0.4) is 0 Å². The van der Waals surface area contributed by atoms with Gasteiger partial charge >= 0.3 is 0 Å². The normalized spacial score (nSPS) is 11.0. The first kappa shape index (κ1) is 22.2. The Morgan fingerprint density at radius 3 is 2.75 bits per heavy atom. The van der Waals surface area contributed by atoms with Crippen LogP contribution in [0.15, 0.2) is 60.9 Å². The van der Waals surface area contributed by atoms with Gasteiger partial charge in [-0.3, -0.25) is 14.7 Å². The van der Waals surface area contributed by atoms with Gasteiger partial charge in [0.05, 0.1) is 23.4 Å². The summed E-state index contributed by atoms with van der Waals surface area (Å²) >= 11 is 7.71. The summed E-state index contributed by atoms with van der Waals surface area (Å²) < 4.78 is 6.76. The van der Waals surface area contributed by atoms with Gasteiger partial charge in [0, 0.05) is 23.0 Å². The van der Waals surface area contributed by atoms with E-state index >= 15 is 0 Å². The highest BCUT2D eigenvalue weighted by Crippen LogP contribution is 2.34. The van der Waals surface area contributed by atoms with Crippen molar-refractivity contribution >= 4 is 44.2 Å². The number of carbonyl (C=O) groups excluding carboxylic acids is 1. The lowest BCUT2D eigenvalue weighted by molar-refractivity contribution is 0.0984. The Balaban J connectivity index is 1.71. The minimum Gasteiger partial charge on any atom is -0.494 e. The van der Waals surface area contributed by atoms with Crippen molar-refractivity contribution in [3.8, 4) is 5.75 Å². The summed E-state index contributed by atoms with van der Waals surface area (Å²) in [6.07, 6.45) is 5.48. The first-order valence-corrected chi connectivity index (χ1v) is 11.7. The highest BCUT2D eigenvalue weighted by Gasteiger charge is 2.23. The molecule has 164 valence electrons. The molecule has 0 N–H and O–H groups in total. The topological polar surface area (TPSA) is 55.3 Å². The molecule has 0 saturated heterocycles. The number of halogens is 1. The fourth-order valence-corrected chi connectivity index (χ4v) is 4.78. The van der Waals surface area contributed by atoms with Crippen molar-refractivity contribution < 1.29 is 9.53 Å². The molecule has 4 aromatic rings. The first-order chi connectivity index (χ1) is 15.5. The van der Waals surface area contributed by atoms with Crippen molar-refractivity contribution in [1.82, 2.24) is 9.97 Å². The van der Waals surface area contributed by atoms with E-state index in [2.05, 4.69) is 11.9 Å². The largest absolute Gasteiger partial charge is 0.494 e. The third-order valence-corrected chi connectivity index (χ3v) is 6.30. The molecule has 0 aliphatic rings. The molecule has 4 rings (SSSR count). The molecule has 0 fully saturated rings. The van der Waals surface area contributed by atoms with E-state index in [1.165, 1.54) is 11.3 Å². The van der Waals surface area contributed by atoms with Crippen LogP contribution in [0.2, 0.25) is 5.02 Å². The lowest BCUT2D eigenvalue weighted by atomic mass is 10.1. The Kier molecular flexibility index (Phi) is 7.02. The molecule has 0 spiro atoms. The van der Waals surface area contributed by atoms with E-state index in [9.17, 15) is 4.79 Å². The van der Waals surface area contributed by atoms with Crippen LogP contribution in [0.25, 0.3) is 10.2 Å². The van der Waals surface area contributed by atoms with Crippen LogP contribution in [0.4, 0.5) is 5.13 Å². The van der Waals surface area contributed by atoms with Gasteiger partial charge in [0.2, 0.25) is 0 Å². The number of benzene rings is 2. The predicted octanol–water partition coefficient (Wildman–Crippen LogP) is 6.68. The average Bonchev–Trinajstić information content (AvgIpc) is 3.22. The molecule has 2 aromatic heterocycles. The molecule has 0 radical (unpaired) electrons. The second kappa shape index (κ2) is 10.1. The summed E-state index contributed by atoms with van der Waals surface area (Å²) in [6, 6.07) is 14.9. The van der Waals surface area contributed by atoms with E-state index in [-0.39, 0.29) is 5.91 Å². The quantitative estimate of drug-likeness (QED) is 0.272. The number of hydrogen-bond acceptors (Lipinski definition) is 5. The van der Waals surface area contributed by atoms with E-state index in [0.29, 0.717) is 34.6 Å². The number of unbranched alkanes of at least 4 members (excludes halogenated alkanes) is 1. The third-order valence-electron chi connectivity index (χ3n) is 5.05. The Morgan fingerprint density at radius 2 is 1.97 bits per heavy atom. The zero-order chi connectivity index (χ0) is 22.5. The fourth-order valence-electron chi connectivity index (χ4n) is 3.36. The molecule has 5 nitrogen and oxygen atoms in total. The first-order valence-electron chi connectivity index (χ1n) is 10.6. The van der Waals surface area contributed by atoms with Gasteiger partial charge in [0.15, 0.2) is 5.13 Å². The monoisotopic (exact) mass is 465 g/mol. The molecule has 0 aliphatic carbocycles. The van der Waals surface area contributed by atoms with Crippen LogP contribution in [0, 0.1) is 6.92 Å². The van der Waals surface area contributed by atoms with Crippen LogP contribution in [0.5, 0.6) is 5.75 Å². The molecule has 2 heterocycles. The Labute approximate surface area is 196 Å². The molecule has 0 saturated carbocycles. The maximum atomic E-state index is 13.7. The van der Waals surface area contributed by atoms with E-state index < -0.39 is 0 Å².